The number of piperidine rings is 1. The van der Waals surface area contributed by atoms with Crippen LogP contribution in [0.25, 0.3) is 0 Å². The Kier molecular flexibility index (Phi) is 7.75. The Bertz CT molecular complexity index is 1240. The molecule has 0 radical (unpaired) electrons. The summed E-state index contributed by atoms with van der Waals surface area (Å²) >= 11 is 0. The molecule has 1 aromatic heterocycles. The van der Waals surface area contributed by atoms with Crippen molar-refractivity contribution in [1.82, 2.24) is 15.2 Å². The molecule has 3 aromatic rings. The van der Waals surface area contributed by atoms with E-state index in [-0.39, 0.29) is 17.7 Å². The van der Waals surface area contributed by atoms with Crippen molar-refractivity contribution in [2.24, 2.45) is 5.92 Å². The van der Waals surface area contributed by atoms with Crippen LogP contribution in [0.2, 0.25) is 0 Å². The Morgan fingerprint density at radius 1 is 1.08 bits per heavy atom. The summed E-state index contributed by atoms with van der Waals surface area (Å²) in [6.45, 7) is 7.06. The molecule has 2 aliphatic rings. The van der Waals surface area contributed by atoms with Crippen LogP contribution in [0.3, 0.4) is 0 Å². The molecule has 2 fully saturated rings. The van der Waals surface area contributed by atoms with Gasteiger partial charge in [-0.25, -0.2) is 4.98 Å². The first-order valence-electron chi connectivity index (χ1n) is 13.3. The molecule has 6 nitrogen and oxygen atoms in total. The van der Waals surface area contributed by atoms with Crippen molar-refractivity contribution >= 4 is 5.91 Å². The van der Waals surface area contributed by atoms with Gasteiger partial charge in [-0.2, -0.15) is 0 Å². The second kappa shape index (κ2) is 11.3. The van der Waals surface area contributed by atoms with E-state index in [9.17, 15) is 4.79 Å². The minimum absolute atomic E-state index is 0.0841. The number of hydrogen-bond acceptors (Lipinski definition) is 5. The van der Waals surface area contributed by atoms with Crippen LogP contribution in [-0.2, 0) is 17.9 Å². The highest BCUT2D eigenvalue weighted by Gasteiger charge is 2.40. The number of ether oxygens (including phenoxy) is 2. The second-order valence-electron chi connectivity index (χ2n) is 10.3. The van der Waals surface area contributed by atoms with Crippen molar-refractivity contribution in [1.29, 1.82) is 0 Å². The van der Waals surface area contributed by atoms with Crippen molar-refractivity contribution in [3.05, 3.63) is 88.6 Å². The fourth-order valence-electron chi connectivity index (χ4n) is 5.32. The Morgan fingerprint density at radius 2 is 1.92 bits per heavy atom. The molecule has 1 N–H and O–H groups in total. The van der Waals surface area contributed by atoms with E-state index in [0.29, 0.717) is 31.6 Å². The lowest BCUT2D eigenvalue weighted by molar-refractivity contribution is -0.138. The SMILES string of the molecule is COc1cc(COc2cccc([C@H]3CCNC[C@@H]3C(=O)N(Cc3cccc(C)c3C)C3CC3)c2)ccn1. The van der Waals surface area contributed by atoms with Crippen molar-refractivity contribution in [3.63, 3.8) is 0 Å². The number of carbonyl (C=O) groups is 1. The standard InChI is InChI=1S/C31H37N3O3/c1-21-6-4-8-25(22(21)2)19-34(26-10-11-26)31(35)29-18-32-14-13-28(29)24-7-5-9-27(17-24)37-20-23-12-15-33-30(16-23)36-3/h4-9,12,15-17,26,28-29,32H,10-11,13-14,18-20H2,1-3H3/t28-,29+/m1/s1. The predicted molar refractivity (Wildman–Crippen MR) is 145 cm³/mol. The highest BCUT2D eigenvalue weighted by molar-refractivity contribution is 5.81. The molecule has 1 saturated heterocycles. The van der Waals surface area contributed by atoms with E-state index >= 15 is 0 Å². The van der Waals surface area contributed by atoms with E-state index in [1.807, 2.05) is 24.3 Å². The molecule has 6 heteroatoms. The third-order valence-electron chi connectivity index (χ3n) is 7.83. The minimum Gasteiger partial charge on any atom is -0.489 e. The maximum Gasteiger partial charge on any atom is 0.228 e. The molecule has 2 heterocycles. The molecule has 0 unspecified atom stereocenters. The van der Waals surface area contributed by atoms with E-state index in [2.05, 4.69) is 59.4 Å². The lowest BCUT2D eigenvalue weighted by atomic mass is 9.80. The zero-order valence-electron chi connectivity index (χ0n) is 22.1. The number of methoxy groups -OCH3 is 1. The first kappa shape index (κ1) is 25.3. The van der Waals surface area contributed by atoms with Crippen LogP contribution in [-0.4, -0.2) is 42.0 Å². The molecule has 2 atom stereocenters. The smallest absolute Gasteiger partial charge is 0.228 e. The van der Waals surface area contributed by atoms with E-state index in [4.69, 9.17) is 9.47 Å². The number of carbonyl (C=O) groups excluding carboxylic acids is 1. The van der Waals surface area contributed by atoms with E-state index in [0.717, 1.165) is 37.1 Å². The Hall–Kier alpha value is -3.38. The summed E-state index contributed by atoms with van der Waals surface area (Å²) in [6, 6.07) is 18.9. The summed E-state index contributed by atoms with van der Waals surface area (Å²) in [4.78, 5) is 20.4. The molecular weight excluding hydrogens is 462 g/mol. The Labute approximate surface area is 220 Å². The van der Waals surface area contributed by atoms with Crippen LogP contribution in [0.4, 0.5) is 0 Å². The van der Waals surface area contributed by atoms with Gasteiger partial charge in [-0.3, -0.25) is 4.79 Å². The van der Waals surface area contributed by atoms with Gasteiger partial charge >= 0.3 is 0 Å². The number of hydrogen-bond donors (Lipinski definition) is 1. The summed E-state index contributed by atoms with van der Waals surface area (Å²) in [5.41, 5.74) is 5.99. The molecule has 194 valence electrons. The zero-order valence-corrected chi connectivity index (χ0v) is 22.1. The van der Waals surface area contributed by atoms with Gasteiger partial charge in [0, 0.05) is 31.4 Å². The van der Waals surface area contributed by atoms with Crippen molar-refractivity contribution in [2.75, 3.05) is 20.2 Å². The predicted octanol–water partition coefficient (Wildman–Crippen LogP) is 5.17. The summed E-state index contributed by atoms with van der Waals surface area (Å²) in [6.07, 6.45) is 4.86. The fraction of sp³-hybridized carbons (Fsp3) is 0.419. The highest BCUT2D eigenvalue weighted by atomic mass is 16.5. The molecular formula is C31H37N3O3. The highest BCUT2D eigenvalue weighted by Crippen LogP contribution is 2.37. The largest absolute Gasteiger partial charge is 0.489 e. The summed E-state index contributed by atoms with van der Waals surface area (Å²) in [7, 11) is 1.61. The summed E-state index contributed by atoms with van der Waals surface area (Å²) in [5, 5.41) is 3.49. The van der Waals surface area contributed by atoms with Crippen molar-refractivity contribution < 1.29 is 14.3 Å². The number of aromatic nitrogens is 1. The van der Waals surface area contributed by atoms with E-state index in [1.165, 1.54) is 22.3 Å². The minimum atomic E-state index is -0.0841. The van der Waals surface area contributed by atoms with Crippen LogP contribution < -0.4 is 14.8 Å². The molecule has 37 heavy (non-hydrogen) atoms. The number of benzene rings is 2. The molecule has 1 aliphatic carbocycles. The molecule has 1 aliphatic heterocycles. The molecule has 5 rings (SSSR count). The lowest BCUT2D eigenvalue weighted by Crippen LogP contribution is -2.47. The van der Waals surface area contributed by atoms with Crippen LogP contribution in [0.5, 0.6) is 11.6 Å². The van der Waals surface area contributed by atoms with Crippen LogP contribution in [0, 0.1) is 19.8 Å². The van der Waals surface area contributed by atoms with Gasteiger partial charge in [0.2, 0.25) is 11.8 Å². The molecule has 2 aromatic carbocycles. The van der Waals surface area contributed by atoms with Gasteiger partial charge in [-0.05, 0) is 91.6 Å². The van der Waals surface area contributed by atoms with Gasteiger partial charge in [0.15, 0.2) is 0 Å². The van der Waals surface area contributed by atoms with Crippen molar-refractivity contribution in [3.8, 4) is 11.6 Å². The maximum absolute atomic E-state index is 14.1. The number of pyridine rings is 1. The quantitative estimate of drug-likeness (QED) is 0.440. The number of nitrogens with zero attached hydrogens (tertiary/aromatic N) is 2. The topological polar surface area (TPSA) is 63.7 Å². The Morgan fingerprint density at radius 3 is 2.73 bits per heavy atom. The van der Waals surface area contributed by atoms with Crippen molar-refractivity contribution in [2.45, 2.75) is 58.2 Å². The summed E-state index contributed by atoms with van der Waals surface area (Å²) in [5.74, 6) is 1.74. The monoisotopic (exact) mass is 499 g/mol. The average Bonchev–Trinajstić information content (AvgIpc) is 3.78. The van der Waals surface area contributed by atoms with Crippen LogP contribution in [0.1, 0.15) is 53.0 Å². The molecule has 0 bridgehead atoms. The van der Waals surface area contributed by atoms with Gasteiger partial charge in [-0.1, -0.05) is 30.3 Å². The zero-order chi connectivity index (χ0) is 25.8. The summed E-state index contributed by atoms with van der Waals surface area (Å²) < 4.78 is 11.3. The van der Waals surface area contributed by atoms with Crippen LogP contribution >= 0.6 is 0 Å². The fourth-order valence-corrected chi connectivity index (χ4v) is 5.32. The van der Waals surface area contributed by atoms with Gasteiger partial charge in [-0.15, -0.1) is 0 Å². The van der Waals surface area contributed by atoms with E-state index < -0.39 is 0 Å². The number of aryl methyl sites for hydroxylation is 1. The second-order valence-corrected chi connectivity index (χ2v) is 10.3. The lowest BCUT2D eigenvalue weighted by Gasteiger charge is -2.36. The van der Waals surface area contributed by atoms with E-state index in [1.54, 1.807) is 13.3 Å². The molecule has 1 amide bonds. The average molecular weight is 500 g/mol. The molecule has 0 spiro atoms. The van der Waals surface area contributed by atoms with Gasteiger partial charge in [0.25, 0.3) is 0 Å². The third-order valence-corrected chi connectivity index (χ3v) is 7.83. The number of nitrogens with one attached hydrogen (secondary N) is 1. The molecule has 1 saturated carbocycles. The first-order valence-corrected chi connectivity index (χ1v) is 13.3. The van der Waals surface area contributed by atoms with Crippen LogP contribution in [0.15, 0.2) is 60.8 Å². The first-order chi connectivity index (χ1) is 18.0. The Balaban J connectivity index is 1.32. The number of rotatable bonds is 9. The normalized spacial score (nSPS) is 19.3. The maximum atomic E-state index is 14.1. The van der Waals surface area contributed by atoms with Gasteiger partial charge in [0.1, 0.15) is 12.4 Å². The number of amides is 1. The third kappa shape index (κ3) is 5.96. The van der Waals surface area contributed by atoms with Gasteiger partial charge < -0.3 is 19.7 Å². The van der Waals surface area contributed by atoms with Gasteiger partial charge in [0.05, 0.1) is 13.0 Å².